The first-order valence-electron chi connectivity index (χ1n) is 9.82. The summed E-state index contributed by atoms with van der Waals surface area (Å²) in [6.07, 6.45) is 5.08. The number of para-hydroxylation sites is 1. The molecule has 0 saturated heterocycles. The standard InChI is InChI=1S/C23H27N3O3/c1-25(21-7-3-2-4-8-21)14-6-16-29-22-17-19(18-26-15-5-13-24-26)9-10-20(22)11-12-23(27)28/h2-5,7-10,13,15,17H,6,11-12,14,16,18H2,1H3,(H,27,28). The van der Waals surface area contributed by atoms with Crippen molar-refractivity contribution in [2.24, 2.45) is 0 Å². The van der Waals surface area contributed by atoms with Crippen molar-refractivity contribution in [1.82, 2.24) is 9.78 Å². The van der Waals surface area contributed by atoms with Crippen LogP contribution in [-0.2, 0) is 17.8 Å². The molecule has 0 fully saturated rings. The molecular formula is C23H27N3O3. The summed E-state index contributed by atoms with van der Waals surface area (Å²) in [7, 11) is 2.07. The molecule has 0 amide bonds. The molecular weight excluding hydrogens is 366 g/mol. The number of rotatable bonds is 11. The smallest absolute Gasteiger partial charge is 0.303 e. The Labute approximate surface area is 171 Å². The Bertz CT molecular complexity index is 895. The number of ether oxygens (including phenoxy) is 1. The van der Waals surface area contributed by atoms with E-state index in [2.05, 4.69) is 29.2 Å². The number of carbonyl (C=O) groups is 1. The number of benzene rings is 2. The zero-order chi connectivity index (χ0) is 20.5. The molecule has 6 heteroatoms. The average molecular weight is 393 g/mol. The molecule has 3 rings (SSSR count). The van der Waals surface area contributed by atoms with Crippen molar-refractivity contribution in [3.63, 3.8) is 0 Å². The van der Waals surface area contributed by atoms with Crippen molar-refractivity contribution in [3.05, 3.63) is 78.1 Å². The van der Waals surface area contributed by atoms with E-state index in [1.54, 1.807) is 6.20 Å². The van der Waals surface area contributed by atoms with E-state index >= 15 is 0 Å². The Morgan fingerprint density at radius 2 is 2.00 bits per heavy atom. The second-order valence-electron chi connectivity index (χ2n) is 7.00. The first-order valence-corrected chi connectivity index (χ1v) is 9.82. The van der Waals surface area contributed by atoms with E-state index in [1.165, 1.54) is 5.69 Å². The average Bonchev–Trinajstić information content (AvgIpc) is 3.24. The molecule has 0 atom stereocenters. The van der Waals surface area contributed by atoms with Crippen molar-refractivity contribution in [2.75, 3.05) is 25.1 Å². The predicted molar refractivity (Wildman–Crippen MR) is 114 cm³/mol. The molecule has 0 radical (unpaired) electrons. The van der Waals surface area contributed by atoms with E-state index in [0.717, 1.165) is 29.8 Å². The number of hydrogen-bond donors (Lipinski definition) is 1. The maximum Gasteiger partial charge on any atom is 0.303 e. The molecule has 1 N–H and O–H groups in total. The number of aliphatic carboxylic acids is 1. The molecule has 2 aromatic carbocycles. The van der Waals surface area contributed by atoms with Gasteiger partial charge in [-0.2, -0.15) is 5.10 Å². The van der Waals surface area contributed by atoms with E-state index in [-0.39, 0.29) is 6.42 Å². The normalized spacial score (nSPS) is 10.7. The van der Waals surface area contributed by atoms with Crippen LogP contribution in [0, 0.1) is 0 Å². The van der Waals surface area contributed by atoms with Crippen molar-refractivity contribution in [2.45, 2.75) is 25.8 Å². The van der Waals surface area contributed by atoms with Crippen LogP contribution in [-0.4, -0.2) is 41.1 Å². The molecule has 0 aliphatic rings. The van der Waals surface area contributed by atoms with Crippen LogP contribution in [0.3, 0.4) is 0 Å². The van der Waals surface area contributed by atoms with Gasteiger partial charge in [-0.25, -0.2) is 0 Å². The highest BCUT2D eigenvalue weighted by Gasteiger charge is 2.09. The number of anilines is 1. The number of carboxylic acid groups (broad SMARTS) is 1. The minimum absolute atomic E-state index is 0.0889. The van der Waals surface area contributed by atoms with Crippen molar-refractivity contribution in [1.29, 1.82) is 0 Å². The van der Waals surface area contributed by atoms with E-state index in [4.69, 9.17) is 9.84 Å². The summed E-state index contributed by atoms with van der Waals surface area (Å²) in [5.74, 6) is -0.0423. The first kappa shape index (κ1) is 20.5. The lowest BCUT2D eigenvalue weighted by Gasteiger charge is -2.19. The maximum atomic E-state index is 11.0. The Kier molecular flexibility index (Phi) is 7.28. The van der Waals surface area contributed by atoms with E-state index in [9.17, 15) is 4.79 Å². The van der Waals surface area contributed by atoms with Gasteiger partial charge < -0.3 is 14.7 Å². The van der Waals surface area contributed by atoms with E-state index in [0.29, 0.717) is 19.6 Å². The van der Waals surface area contributed by atoms with Gasteiger partial charge in [0.25, 0.3) is 0 Å². The fourth-order valence-corrected chi connectivity index (χ4v) is 3.16. The lowest BCUT2D eigenvalue weighted by atomic mass is 10.1. The van der Waals surface area contributed by atoms with Gasteiger partial charge in [-0.1, -0.05) is 30.3 Å². The third kappa shape index (κ3) is 6.38. The molecule has 3 aromatic rings. The minimum Gasteiger partial charge on any atom is -0.493 e. The summed E-state index contributed by atoms with van der Waals surface area (Å²) in [4.78, 5) is 13.2. The van der Waals surface area contributed by atoms with E-state index < -0.39 is 5.97 Å². The Morgan fingerprint density at radius 3 is 2.72 bits per heavy atom. The molecule has 1 aromatic heterocycles. The van der Waals surface area contributed by atoms with Crippen LogP contribution in [0.2, 0.25) is 0 Å². The topological polar surface area (TPSA) is 67.6 Å². The van der Waals surface area contributed by atoms with Gasteiger partial charge >= 0.3 is 5.97 Å². The fraction of sp³-hybridized carbons (Fsp3) is 0.304. The molecule has 29 heavy (non-hydrogen) atoms. The second kappa shape index (κ2) is 10.3. The van der Waals surface area contributed by atoms with E-state index in [1.807, 2.05) is 53.3 Å². The Morgan fingerprint density at radius 1 is 1.17 bits per heavy atom. The lowest BCUT2D eigenvalue weighted by Crippen LogP contribution is -2.20. The quantitative estimate of drug-likeness (QED) is 0.501. The molecule has 0 aliphatic heterocycles. The van der Waals surface area contributed by atoms with Crippen molar-refractivity contribution in [3.8, 4) is 5.75 Å². The molecule has 0 unspecified atom stereocenters. The zero-order valence-electron chi connectivity index (χ0n) is 16.7. The molecule has 0 bridgehead atoms. The van der Waals surface area contributed by atoms with Crippen LogP contribution >= 0.6 is 0 Å². The molecule has 0 saturated carbocycles. The Hall–Kier alpha value is -3.28. The summed E-state index contributed by atoms with van der Waals surface area (Å²) in [6.45, 7) is 2.10. The highest BCUT2D eigenvalue weighted by molar-refractivity contribution is 5.67. The summed E-state index contributed by atoms with van der Waals surface area (Å²) < 4.78 is 7.92. The number of carboxylic acids is 1. The first-order chi connectivity index (χ1) is 14.1. The van der Waals surface area contributed by atoms with Crippen LogP contribution in [0.4, 0.5) is 5.69 Å². The summed E-state index contributed by atoms with van der Waals surface area (Å²) in [5.41, 5.74) is 3.17. The highest BCUT2D eigenvalue weighted by Crippen LogP contribution is 2.23. The number of aromatic nitrogens is 2. The van der Waals surface area contributed by atoms with Crippen molar-refractivity contribution < 1.29 is 14.6 Å². The number of nitrogens with zero attached hydrogens (tertiary/aromatic N) is 3. The summed E-state index contributed by atoms with van der Waals surface area (Å²) in [5, 5.41) is 13.3. The van der Waals surface area contributed by atoms with Gasteiger partial charge in [0.1, 0.15) is 5.75 Å². The second-order valence-corrected chi connectivity index (χ2v) is 7.00. The van der Waals surface area contributed by atoms with Gasteiger partial charge in [0.15, 0.2) is 0 Å². The SMILES string of the molecule is CN(CCCOc1cc(Cn2cccn2)ccc1CCC(=O)O)c1ccccc1. The third-order valence-corrected chi connectivity index (χ3v) is 4.74. The third-order valence-electron chi connectivity index (χ3n) is 4.74. The van der Waals surface area contributed by atoms with Crippen LogP contribution in [0.15, 0.2) is 67.0 Å². The molecule has 0 spiro atoms. The number of hydrogen-bond acceptors (Lipinski definition) is 4. The fourth-order valence-electron chi connectivity index (χ4n) is 3.16. The molecule has 0 aliphatic carbocycles. The minimum atomic E-state index is -0.805. The van der Waals surface area contributed by atoms with Crippen LogP contribution in [0.1, 0.15) is 24.0 Å². The number of aryl methyl sites for hydroxylation is 1. The van der Waals surface area contributed by atoms with Gasteiger partial charge in [-0.05, 0) is 48.2 Å². The van der Waals surface area contributed by atoms with Gasteiger partial charge in [0, 0.05) is 38.1 Å². The van der Waals surface area contributed by atoms with Crippen LogP contribution < -0.4 is 9.64 Å². The van der Waals surface area contributed by atoms with Gasteiger partial charge in [-0.15, -0.1) is 0 Å². The predicted octanol–water partition coefficient (Wildman–Crippen LogP) is 3.85. The van der Waals surface area contributed by atoms with Crippen LogP contribution in [0.25, 0.3) is 0 Å². The largest absolute Gasteiger partial charge is 0.493 e. The van der Waals surface area contributed by atoms with Gasteiger partial charge in [0.05, 0.1) is 13.2 Å². The molecule has 152 valence electrons. The highest BCUT2D eigenvalue weighted by atomic mass is 16.5. The molecule has 1 heterocycles. The summed E-state index contributed by atoms with van der Waals surface area (Å²) >= 11 is 0. The van der Waals surface area contributed by atoms with Crippen molar-refractivity contribution >= 4 is 11.7 Å². The van der Waals surface area contributed by atoms with Gasteiger partial charge in [-0.3, -0.25) is 9.48 Å². The maximum absolute atomic E-state index is 11.0. The van der Waals surface area contributed by atoms with Crippen LogP contribution in [0.5, 0.6) is 5.75 Å². The zero-order valence-corrected chi connectivity index (χ0v) is 16.7. The Balaban J connectivity index is 1.60. The lowest BCUT2D eigenvalue weighted by molar-refractivity contribution is -0.136. The monoisotopic (exact) mass is 393 g/mol. The molecule has 6 nitrogen and oxygen atoms in total. The summed E-state index contributed by atoms with van der Waals surface area (Å²) in [6, 6.07) is 18.1. The van der Waals surface area contributed by atoms with Gasteiger partial charge in [0.2, 0.25) is 0 Å².